The molecule has 0 aromatic heterocycles. The van der Waals surface area contributed by atoms with Crippen molar-refractivity contribution >= 4 is 35.1 Å². The molecule has 2 aliphatic heterocycles. The van der Waals surface area contributed by atoms with Crippen LogP contribution in [0.4, 0.5) is 5.69 Å². The minimum Gasteiger partial charge on any atom is -0.497 e. The third kappa shape index (κ3) is 6.70. The lowest BCUT2D eigenvalue weighted by Crippen LogP contribution is -2.48. The largest absolute Gasteiger partial charge is 0.497 e. The van der Waals surface area contributed by atoms with E-state index in [-0.39, 0.29) is 31.4 Å². The highest BCUT2D eigenvalue weighted by atomic mass is 35.5. The highest BCUT2D eigenvalue weighted by molar-refractivity contribution is 6.30. The summed E-state index contributed by atoms with van der Waals surface area (Å²) in [6, 6.07) is 22.6. The molecular formula is C34H36ClN3O5. The van der Waals surface area contributed by atoms with Crippen LogP contribution in [0.15, 0.2) is 84.1 Å². The molecule has 0 bridgehead atoms. The number of hydrogen-bond acceptors (Lipinski definition) is 6. The number of methoxy groups -OCH3 is 1. The van der Waals surface area contributed by atoms with Crippen LogP contribution in [-0.4, -0.2) is 67.5 Å². The summed E-state index contributed by atoms with van der Waals surface area (Å²) in [5, 5.41) is 0.539. The molecule has 1 saturated heterocycles. The highest BCUT2D eigenvalue weighted by Crippen LogP contribution is 2.38. The van der Waals surface area contributed by atoms with Crippen molar-refractivity contribution in [1.29, 1.82) is 0 Å². The number of rotatable bonds is 8. The molecule has 5 rings (SSSR count). The van der Waals surface area contributed by atoms with Gasteiger partial charge in [-0.3, -0.25) is 9.59 Å². The Balaban J connectivity index is 1.31. The van der Waals surface area contributed by atoms with E-state index < -0.39 is 11.9 Å². The molecule has 224 valence electrons. The van der Waals surface area contributed by atoms with Gasteiger partial charge in [0.15, 0.2) is 0 Å². The Hall–Kier alpha value is -4.30. The zero-order chi connectivity index (χ0) is 30.5. The number of carbonyl (C=O) groups is 3. The van der Waals surface area contributed by atoms with Crippen LogP contribution in [0.5, 0.6) is 5.75 Å². The van der Waals surface area contributed by atoms with Crippen LogP contribution in [0.25, 0.3) is 0 Å². The Morgan fingerprint density at radius 3 is 2.35 bits per heavy atom. The molecule has 43 heavy (non-hydrogen) atoms. The van der Waals surface area contributed by atoms with Crippen molar-refractivity contribution < 1.29 is 23.9 Å². The minimum absolute atomic E-state index is 0.0401. The Kier molecular flexibility index (Phi) is 9.36. The van der Waals surface area contributed by atoms with Crippen LogP contribution >= 0.6 is 11.6 Å². The third-order valence-electron chi connectivity index (χ3n) is 8.09. The van der Waals surface area contributed by atoms with E-state index >= 15 is 0 Å². The van der Waals surface area contributed by atoms with E-state index in [1.54, 1.807) is 38.0 Å². The number of hydrogen-bond donors (Lipinski definition) is 0. The first-order valence-electron chi connectivity index (χ1n) is 14.5. The van der Waals surface area contributed by atoms with Crippen LogP contribution in [-0.2, 0) is 20.9 Å². The normalized spacial score (nSPS) is 17.3. The molecule has 2 amide bonds. The highest BCUT2D eigenvalue weighted by Gasteiger charge is 2.37. The predicted octanol–water partition coefficient (Wildman–Crippen LogP) is 5.66. The van der Waals surface area contributed by atoms with Gasteiger partial charge in [0, 0.05) is 60.5 Å². The van der Waals surface area contributed by atoms with Gasteiger partial charge >= 0.3 is 5.97 Å². The molecule has 0 N–H and O–H groups in total. The first kappa shape index (κ1) is 30.2. The zero-order valence-electron chi connectivity index (χ0n) is 24.7. The van der Waals surface area contributed by atoms with Crippen LogP contribution in [0.3, 0.4) is 0 Å². The number of halogens is 1. The number of carbonyl (C=O) groups excluding carboxylic acids is 3. The molecule has 2 heterocycles. The fourth-order valence-corrected chi connectivity index (χ4v) is 6.01. The molecule has 9 heteroatoms. The number of allylic oxidation sites excluding steroid dienone is 1. The lowest BCUT2D eigenvalue weighted by atomic mass is 9.83. The number of esters is 1. The fourth-order valence-electron chi connectivity index (χ4n) is 5.81. The van der Waals surface area contributed by atoms with Gasteiger partial charge in [0.2, 0.25) is 5.91 Å². The third-order valence-corrected chi connectivity index (χ3v) is 8.32. The van der Waals surface area contributed by atoms with E-state index in [9.17, 15) is 14.4 Å². The van der Waals surface area contributed by atoms with Crippen molar-refractivity contribution in [3.05, 3.63) is 106 Å². The van der Waals surface area contributed by atoms with Gasteiger partial charge in [-0.1, -0.05) is 35.9 Å². The van der Waals surface area contributed by atoms with E-state index in [4.69, 9.17) is 21.1 Å². The molecule has 0 saturated carbocycles. The van der Waals surface area contributed by atoms with E-state index in [1.165, 1.54) is 0 Å². The molecular weight excluding hydrogens is 566 g/mol. The molecule has 3 aromatic carbocycles. The van der Waals surface area contributed by atoms with Gasteiger partial charge in [-0.25, -0.2) is 4.79 Å². The van der Waals surface area contributed by atoms with Crippen LogP contribution in [0, 0.1) is 0 Å². The summed E-state index contributed by atoms with van der Waals surface area (Å²) in [4.78, 5) is 45.8. The lowest BCUT2D eigenvalue weighted by molar-refractivity contribution is -0.140. The van der Waals surface area contributed by atoms with Crippen molar-refractivity contribution in [2.24, 2.45) is 0 Å². The molecule has 3 aromatic rings. The van der Waals surface area contributed by atoms with Gasteiger partial charge in [0.25, 0.3) is 5.91 Å². The smallest absolute Gasteiger partial charge is 0.336 e. The van der Waals surface area contributed by atoms with Gasteiger partial charge < -0.3 is 24.2 Å². The summed E-state index contributed by atoms with van der Waals surface area (Å²) in [5.41, 5.74) is 4.27. The Bertz CT molecular complexity index is 1530. The average Bonchev–Trinajstić information content (AvgIpc) is 3.02. The molecule has 2 aliphatic rings. The number of anilines is 1. The standard InChI is InChI=1S/C34H36ClN3O5/c1-4-43-34(41)32-23(2)38(31(39)21-30(32)25-8-6-10-27(35)20-25)22-24-7-5-9-26(19-24)33(40)37-17-15-36(16-18-37)28-11-13-29(42-3)14-12-28/h5-14,19-20,30H,4,15-18,21-22H2,1-3H3. The van der Waals surface area contributed by atoms with Gasteiger partial charge in [0.1, 0.15) is 5.75 Å². The van der Waals surface area contributed by atoms with Gasteiger partial charge in [-0.05, 0) is 73.5 Å². The van der Waals surface area contributed by atoms with Crippen molar-refractivity contribution in [2.45, 2.75) is 32.7 Å². The summed E-state index contributed by atoms with van der Waals surface area (Å²) in [5.74, 6) is -0.234. The van der Waals surface area contributed by atoms with E-state index in [0.29, 0.717) is 34.9 Å². The quantitative estimate of drug-likeness (QED) is 0.310. The maximum Gasteiger partial charge on any atom is 0.336 e. The Morgan fingerprint density at radius 1 is 0.953 bits per heavy atom. The van der Waals surface area contributed by atoms with Crippen LogP contribution < -0.4 is 9.64 Å². The summed E-state index contributed by atoms with van der Waals surface area (Å²) in [6.45, 7) is 6.67. The summed E-state index contributed by atoms with van der Waals surface area (Å²) >= 11 is 6.24. The SMILES string of the molecule is CCOC(=O)C1=C(C)N(Cc2cccc(C(=O)N3CCN(c4ccc(OC)cc4)CC3)c2)C(=O)CC1c1cccc(Cl)c1. The number of benzene rings is 3. The second-order valence-electron chi connectivity index (χ2n) is 10.7. The van der Waals surface area contributed by atoms with E-state index in [2.05, 4.69) is 4.90 Å². The van der Waals surface area contributed by atoms with Crippen molar-refractivity contribution in [3.63, 3.8) is 0 Å². The molecule has 1 fully saturated rings. The van der Waals surface area contributed by atoms with Gasteiger partial charge in [0.05, 0.1) is 25.8 Å². The molecule has 1 unspecified atom stereocenters. The maximum atomic E-state index is 13.5. The number of ether oxygens (including phenoxy) is 2. The van der Waals surface area contributed by atoms with Crippen molar-refractivity contribution in [1.82, 2.24) is 9.80 Å². The second-order valence-corrected chi connectivity index (χ2v) is 11.1. The molecule has 0 aliphatic carbocycles. The van der Waals surface area contributed by atoms with Crippen LogP contribution in [0.2, 0.25) is 5.02 Å². The Morgan fingerprint density at radius 2 is 1.67 bits per heavy atom. The average molecular weight is 602 g/mol. The second kappa shape index (κ2) is 13.3. The lowest BCUT2D eigenvalue weighted by Gasteiger charge is -2.36. The molecule has 0 spiro atoms. The van der Waals surface area contributed by atoms with Gasteiger partial charge in [-0.15, -0.1) is 0 Å². The van der Waals surface area contributed by atoms with Crippen molar-refractivity contribution in [2.75, 3.05) is 44.8 Å². The minimum atomic E-state index is -0.453. The van der Waals surface area contributed by atoms with Crippen LogP contribution in [0.1, 0.15) is 47.7 Å². The topological polar surface area (TPSA) is 79.4 Å². The monoisotopic (exact) mass is 601 g/mol. The maximum absolute atomic E-state index is 13.5. The predicted molar refractivity (Wildman–Crippen MR) is 166 cm³/mol. The molecule has 1 atom stereocenters. The first-order valence-corrected chi connectivity index (χ1v) is 14.9. The van der Waals surface area contributed by atoms with Gasteiger partial charge in [-0.2, -0.15) is 0 Å². The fraction of sp³-hybridized carbons (Fsp3) is 0.324. The van der Waals surface area contributed by atoms with E-state index in [1.807, 2.05) is 65.6 Å². The molecule has 8 nitrogen and oxygen atoms in total. The van der Waals surface area contributed by atoms with Crippen molar-refractivity contribution in [3.8, 4) is 5.75 Å². The molecule has 0 radical (unpaired) electrons. The number of amides is 2. The summed E-state index contributed by atoms with van der Waals surface area (Å²) in [6.07, 6.45) is 0.114. The zero-order valence-corrected chi connectivity index (χ0v) is 25.5. The number of nitrogens with zero attached hydrogens (tertiary/aromatic N) is 3. The first-order chi connectivity index (χ1) is 20.8. The number of piperazine rings is 1. The summed E-state index contributed by atoms with van der Waals surface area (Å²) < 4.78 is 10.7. The van der Waals surface area contributed by atoms with E-state index in [0.717, 1.165) is 35.7 Å². The Labute approximate surface area is 257 Å². The summed E-state index contributed by atoms with van der Waals surface area (Å²) in [7, 11) is 1.65.